The summed E-state index contributed by atoms with van der Waals surface area (Å²) in [5.41, 5.74) is 1.86. The van der Waals surface area contributed by atoms with E-state index in [1.165, 1.54) is 7.11 Å². The first-order valence-electron chi connectivity index (χ1n) is 8.67. The zero-order valence-electron chi connectivity index (χ0n) is 16.6. The van der Waals surface area contributed by atoms with Gasteiger partial charge in [0, 0.05) is 0 Å². The van der Waals surface area contributed by atoms with Crippen molar-refractivity contribution in [3.63, 3.8) is 0 Å². The Balaban J connectivity index is 2.39. The maximum Gasteiger partial charge on any atom is 0.313 e. The molecular formula is C22H23NO5. The number of carbonyl (C=O) groups is 1. The normalized spacial score (nSPS) is 11.0. The van der Waals surface area contributed by atoms with E-state index in [9.17, 15) is 10.1 Å². The van der Waals surface area contributed by atoms with Crippen LogP contribution in [0.1, 0.15) is 25.0 Å². The van der Waals surface area contributed by atoms with Gasteiger partial charge in [0.05, 0.1) is 38.9 Å². The molecule has 2 aromatic carbocycles. The van der Waals surface area contributed by atoms with Crippen molar-refractivity contribution < 1.29 is 23.7 Å². The minimum Gasteiger partial charge on any atom is -0.493 e. The Labute approximate surface area is 164 Å². The SMILES string of the molecule is COc1ccc(/C(C#N)=C\c2ccc(OC(=O)C(C)C)c(OC)c2)cc1OC. The largest absolute Gasteiger partial charge is 0.493 e. The number of nitrogens with zero attached hydrogens (tertiary/aromatic N) is 1. The van der Waals surface area contributed by atoms with Crippen LogP contribution in [-0.4, -0.2) is 27.3 Å². The molecule has 146 valence electrons. The van der Waals surface area contributed by atoms with Gasteiger partial charge in [-0.05, 0) is 47.5 Å². The summed E-state index contributed by atoms with van der Waals surface area (Å²) in [6.07, 6.45) is 1.72. The molecule has 0 aliphatic heterocycles. The molecule has 0 amide bonds. The van der Waals surface area contributed by atoms with Crippen molar-refractivity contribution in [3.8, 4) is 29.1 Å². The van der Waals surface area contributed by atoms with Crippen LogP contribution in [0.4, 0.5) is 0 Å². The van der Waals surface area contributed by atoms with E-state index < -0.39 is 0 Å². The molecule has 0 fully saturated rings. The maximum atomic E-state index is 11.8. The van der Waals surface area contributed by atoms with Crippen molar-refractivity contribution in [1.29, 1.82) is 5.26 Å². The quantitative estimate of drug-likeness (QED) is 0.307. The number of carbonyl (C=O) groups excluding carboxylic acids is 1. The second-order valence-corrected chi connectivity index (χ2v) is 6.23. The highest BCUT2D eigenvalue weighted by Gasteiger charge is 2.14. The summed E-state index contributed by atoms with van der Waals surface area (Å²) in [5.74, 6) is 1.27. The van der Waals surface area contributed by atoms with Crippen LogP contribution < -0.4 is 18.9 Å². The average Bonchev–Trinajstić information content (AvgIpc) is 2.72. The lowest BCUT2D eigenvalue weighted by Gasteiger charge is -2.12. The van der Waals surface area contributed by atoms with Crippen molar-refractivity contribution in [2.75, 3.05) is 21.3 Å². The van der Waals surface area contributed by atoms with Gasteiger partial charge in [-0.1, -0.05) is 19.9 Å². The third-order valence-electron chi connectivity index (χ3n) is 4.00. The van der Waals surface area contributed by atoms with Crippen LogP contribution in [0.3, 0.4) is 0 Å². The maximum absolute atomic E-state index is 11.8. The summed E-state index contributed by atoms with van der Waals surface area (Å²) >= 11 is 0. The van der Waals surface area contributed by atoms with Crippen LogP contribution in [0.2, 0.25) is 0 Å². The first-order chi connectivity index (χ1) is 13.4. The Bertz CT molecular complexity index is 925. The van der Waals surface area contributed by atoms with Gasteiger partial charge >= 0.3 is 5.97 Å². The van der Waals surface area contributed by atoms with Crippen LogP contribution in [-0.2, 0) is 4.79 Å². The summed E-state index contributed by atoms with van der Waals surface area (Å²) in [6, 6.07) is 12.6. The van der Waals surface area contributed by atoms with Gasteiger partial charge in [-0.3, -0.25) is 4.79 Å². The molecule has 0 aliphatic carbocycles. The van der Waals surface area contributed by atoms with Gasteiger partial charge in [-0.2, -0.15) is 5.26 Å². The molecule has 2 aromatic rings. The molecule has 6 heteroatoms. The van der Waals surface area contributed by atoms with E-state index in [0.29, 0.717) is 34.1 Å². The van der Waals surface area contributed by atoms with Gasteiger partial charge in [0.15, 0.2) is 23.0 Å². The van der Waals surface area contributed by atoms with Gasteiger partial charge in [0.2, 0.25) is 0 Å². The minimum absolute atomic E-state index is 0.250. The van der Waals surface area contributed by atoms with Crippen LogP contribution in [0.5, 0.6) is 23.0 Å². The van der Waals surface area contributed by atoms with Crippen LogP contribution in [0, 0.1) is 17.2 Å². The number of hydrogen-bond acceptors (Lipinski definition) is 6. The molecule has 6 nitrogen and oxygen atoms in total. The highest BCUT2D eigenvalue weighted by atomic mass is 16.6. The molecule has 0 saturated carbocycles. The van der Waals surface area contributed by atoms with E-state index >= 15 is 0 Å². The number of esters is 1. The standard InChI is InChI=1S/C22H23NO5/c1-14(2)22(24)28-19-8-6-15(11-20(19)26-4)10-17(13-23)16-7-9-18(25-3)21(12-16)27-5/h6-12,14H,1-5H3/b17-10-. The van der Waals surface area contributed by atoms with Gasteiger partial charge < -0.3 is 18.9 Å². The number of nitriles is 1. The van der Waals surface area contributed by atoms with E-state index in [2.05, 4.69) is 6.07 Å². The molecule has 0 bridgehead atoms. The number of methoxy groups -OCH3 is 3. The molecule has 0 N–H and O–H groups in total. The predicted octanol–water partition coefficient (Wildman–Crippen LogP) is 4.34. The van der Waals surface area contributed by atoms with E-state index in [1.54, 1.807) is 70.5 Å². The second kappa shape index (κ2) is 9.47. The van der Waals surface area contributed by atoms with Crippen molar-refractivity contribution in [1.82, 2.24) is 0 Å². The number of rotatable bonds is 7. The number of allylic oxidation sites excluding steroid dienone is 1. The summed E-state index contributed by atoms with van der Waals surface area (Å²) < 4.78 is 21.2. The molecule has 0 heterocycles. The number of hydrogen-bond donors (Lipinski definition) is 0. The fourth-order valence-corrected chi connectivity index (χ4v) is 2.44. The van der Waals surface area contributed by atoms with Crippen molar-refractivity contribution in [2.24, 2.45) is 5.92 Å². The number of benzene rings is 2. The molecule has 2 rings (SSSR count). The predicted molar refractivity (Wildman–Crippen MR) is 106 cm³/mol. The topological polar surface area (TPSA) is 77.8 Å². The van der Waals surface area contributed by atoms with Crippen molar-refractivity contribution in [2.45, 2.75) is 13.8 Å². The molecular weight excluding hydrogens is 358 g/mol. The Morgan fingerprint density at radius 3 is 2.11 bits per heavy atom. The van der Waals surface area contributed by atoms with Crippen molar-refractivity contribution in [3.05, 3.63) is 47.5 Å². The Morgan fingerprint density at radius 1 is 0.929 bits per heavy atom. The molecule has 0 aliphatic rings. The molecule has 0 saturated heterocycles. The fourth-order valence-electron chi connectivity index (χ4n) is 2.44. The summed E-state index contributed by atoms with van der Waals surface area (Å²) in [5, 5.41) is 9.60. The molecule has 28 heavy (non-hydrogen) atoms. The first kappa shape index (κ1) is 20.8. The molecule has 0 aromatic heterocycles. The van der Waals surface area contributed by atoms with Crippen LogP contribution >= 0.6 is 0 Å². The third-order valence-corrected chi connectivity index (χ3v) is 4.00. The molecule has 0 unspecified atom stereocenters. The summed E-state index contributed by atoms with van der Waals surface area (Å²) in [7, 11) is 4.59. The van der Waals surface area contributed by atoms with Crippen LogP contribution in [0.25, 0.3) is 11.6 Å². The van der Waals surface area contributed by atoms with E-state index in [4.69, 9.17) is 18.9 Å². The Morgan fingerprint density at radius 2 is 1.54 bits per heavy atom. The lowest BCUT2D eigenvalue weighted by atomic mass is 10.0. The highest BCUT2D eigenvalue weighted by molar-refractivity contribution is 5.90. The van der Waals surface area contributed by atoms with Gasteiger partial charge in [-0.25, -0.2) is 0 Å². The molecule has 0 radical (unpaired) electrons. The summed E-state index contributed by atoms with van der Waals surface area (Å²) in [6.45, 7) is 3.52. The second-order valence-electron chi connectivity index (χ2n) is 6.23. The minimum atomic E-state index is -0.343. The zero-order valence-corrected chi connectivity index (χ0v) is 16.6. The Kier molecular flexibility index (Phi) is 7.05. The average molecular weight is 381 g/mol. The van der Waals surface area contributed by atoms with Gasteiger partial charge in [-0.15, -0.1) is 0 Å². The smallest absolute Gasteiger partial charge is 0.313 e. The monoisotopic (exact) mass is 381 g/mol. The van der Waals surface area contributed by atoms with Gasteiger partial charge in [0.25, 0.3) is 0 Å². The first-order valence-corrected chi connectivity index (χ1v) is 8.67. The zero-order chi connectivity index (χ0) is 20.7. The third kappa shape index (κ3) is 4.83. The Hall–Kier alpha value is -3.46. The highest BCUT2D eigenvalue weighted by Crippen LogP contribution is 2.33. The van der Waals surface area contributed by atoms with E-state index in [-0.39, 0.29) is 11.9 Å². The lowest BCUT2D eigenvalue weighted by Crippen LogP contribution is -2.15. The van der Waals surface area contributed by atoms with Crippen LogP contribution in [0.15, 0.2) is 36.4 Å². The van der Waals surface area contributed by atoms with Crippen molar-refractivity contribution >= 4 is 17.6 Å². The van der Waals surface area contributed by atoms with Gasteiger partial charge in [0.1, 0.15) is 0 Å². The molecule has 0 atom stereocenters. The lowest BCUT2D eigenvalue weighted by molar-refractivity contribution is -0.137. The molecule has 0 spiro atoms. The van der Waals surface area contributed by atoms with E-state index in [1.807, 2.05) is 0 Å². The number of ether oxygens (including phenoxy) is 4. The van der Waals surface area contributed by atoms with E-state index in [0.717, 1.165) is 5.56 Å². The summed E-state index contributed by atoms with van der Waals surface area (Å²) in [4.78, 5) is 11.8. The fraction of sp³-hybridized carbons (Fsp3) is 0.273.